The number of likely N-dealkylation sites (N-methyl/N-ethyl adjacent to an activating group) is 1. The molecule has 10 nitrogen and oxygen atoms in total. The van der Waals surface area contributed by atoms with Crippen molar-refractivity contribution in [2.45, 2.75) is 58.5 Å². The molecule has 4 N–H and O–H groups in total. The van der Waals surface area contributed by atoms with E-state index >= 15 is 0 Å². The number of anilines is 1. The van der Waals surface area contributed by atoms with Crippen LogP contribution < -0.4 is 16.0 Å². The van der Waals surface area contributed by atoms with E-state index < -0.39 is 11.5 Å². The van der Waals surface area contributed by atoms with Gasteiger partial charge in [0.2, 0.25) is 18.2 Å². The molecule has 11 heteroatoms. The number of nitrogens with one attached hydrogen (secondary N) is 4. The number of aromatic amines is 1. The van der Waals surface area contributed by atoms with Crippen molar-refractivity contribution < 1.29 is 19.2 Å². The van der Waals surface area contributed by atoms with Gasteiger partial charge in [-0.2, -0.15) is 5.10 Å². The highest BCUT2D eigenvalue weighted by Gasteiger charge is 2.43. The third kappa shape index (κ3) is 8.42. The lowest BCUT2D eigenvalue weighted by molar-refractivity contribution is -0.129. The number of fused-ring (bicyclic) bond motifs is 2. The molecule has 0 bridgehead atoms. The molecule has 1 aromatic heterocycles. The highest BCUT2D eigenvalue weighted by Crippen LogP contribution is 2.32. The van der Waals surface area contributed by atoms with E-state index in [0.717, 1.165) is 46.0 Å². The standard InChI is InChI=1S/C31H40N6O4.CH3Cl/c1-30(2,3)18-37(5)16-26-21(7-9-27-25(26)15-34-36-27)10-20(17-38)11-28(40)35-24-8-6-22-13-31(33-19-39,29(41)32-4)14-23(22)12-24;1-2/h6-9,12,15,17,19-20H,10-11,13-14,16,18H2,1-5H3,(H,32,41)(H,33,39)(H,34,36)(H,35,40);1H3. The molecule has 2 unspecified atom stereocenters. The molecule has 0 fully saturated rings. The maximum absolute atomic E-state index is 13.0. The average molecular weight is 611 g/mol. The van der Waals surface area contributed by atoms with Crippen LogP contribution in [0, 0.1) is 11.3 Å². The van der Waals surface area contributed by atoms with Crippen molar-refractivity contribution in [2.24, 2.45) is 11.3 Å². The fourth-order valence-corrected chi connectivity index (χ4v) is 5.97. The molecule has 1 aliphatic carbocycles. The Morgan fingerprint density at radius 2 is 1.86 bits per heavy atom. The van der Waals surface area contributed by atoms with Crippen LogP contribution in [-0.2, 0) is 45.0 Å². The van der Waals surface area contributed by atoms with Crippen molar-refractivity contribution in [1.82, 2.24) is 25.7 Å². The monoisotopic (exact) mass is 610 g/mol. The van der Waals surface area contributed by atoms with Gasteiger partial charge in [-0.15, -0.1) is 11.6 Å². The summed E-state index contributed by atoms with van der Waals surface area (Å²) >= 11 is 4.64. The molecule has 43 heavy (non-hydrogen) atoms. The van der Waals surface area contributed by atoms with E-state index in [1.54, 1.807) is 6.07 Å². The third-order valence-electron chi connectivity index (χ3n) is 7.60. The van der Waals surface area contributed by atoms with Gasteiger partial charge in [-0.1, -0.05) is 32.9 Å². The summed E-state index contributed by atoms with van der Waals surface area (Å²) in [5.74, 6) is -1.03. The Labute approximate surface area is 258 Å². The molecule has 0 spiro atoms. The number of halogens is 1. The number of carbonyl (C=O) groups is 4. The summed E-state index contributed by atoms with van der Waals surface area (Å²) in [6, 6.07) is 9.46. The van der Waals surface area contributed by atoms with Crippen molar-refractivity contribution in [3.63, 3.8) is 0 Å². The van der Waals surface area contributed by atoms with Crippen LogP contribution in [0.1, 0.15) is 49.4 Å². The first kappa shape index (κ1) is 33.7. The Morgan fingerprint density at radius 1 is 1.14 bits per heavy atom. The van der Waals surface area contributed by atoms with Gasteiger partial charge in [0.15, 0.2) is 0 Å². The zero-order chi connectivity index (χ0) is 31.8. The number of aromatic nitrogens is 2. The molecule has 2 aromatic carbocycles. The number of benzene rings is 2. The zero-order valence-electron chi connectivity index (χ0n) is 25.8. The lowest BCUT2D eigenvalue weighted by Crippen LogP contribution is -2.56. The van der Waals surface area contributed by atoms with Crippen LogP contribution in [0.25, 0.3) is 10.9 Å². The van der Waals surface area contributed by atoms with Crippen LogP contribution >= 0.6 is 11.6 Å². The summed E-state index contributed by atoms with van der Waals surface area (Å²) in [6.45, 7) is 8.20. The maximum atomic E-state index is 13.0. The molecular formula is C32H43ClN6O4. The number of amides is 3. The number of hydrogen-bond donors (Lipinski definition) is 4. The number of rotatable bonds is 12. The zero-order valence-corrected chi connectivity index (χ0v) is 26.6. The second-order valence-electron chi connectivity index (χ2n) is 12.4. The van der Waals surface area contributed by atoms with Crippen molar-refractivity contribution in [1.29, 1.82) is 0 Å². The predicted octanol–water partition coefficient (Wildman–Crippen LogP) is 3.61. The topological polar surface area (TPSA) is 136 Å². The molecule has 1 heterocycles. The van der Waals surface area contributed by atoms with Crippen LogP contribution in [0.2, 0.25) is 0 Å². The van der Waals surface area contributed by atoms with Gasteiger partial charge in [0.05, 0.1) is 11.7 Å². The van der Waals surface area contributed by atoms with Gasteiger partial charge in [0.1, 0.15) is 11.8 Å². The number of H-pyrrole nitrogens is 1. The molecule has 2 atom stereocenters. The normalized spacial score (nSPS) is 16.6. The van der Waals surface area contributed by atoms with Crippen molar-refractivity contribution in [3.8, 4) is 0 Å². The molecule has 3 amide bonds. The van der Waals surface area contributed by atoms with Crippen LogP contribution in [-0.4, -0.2) is 72.2 Å². The minimum absolute atomic E-state index is 0.0379. The van der Waals surface area contributed by atoms with Gasteiger partial charge >= 0.3 is 0 Å². The van der Waals surface area contributed by atoms with Crippen LogP contribution in [0.4, 0.5) is 5.69 Å². The van der Waals surface area contributed by atoms with E-state index in [2.05, 4.69) is 70.5 Å². The van der Waals surface area contributed by atoms with Crippen LogP contribution in [0.3, 0.4) is 0 Å². The number of carbonyl (C=O) groups excluding carboxylic acids is 4. The summed E-state index contributed by atoms with van der Waals surface area (Å²) in [7, 11) is 3.62. The fourth-order valence-electron chi connectivity index (χ4n) is 5.97. The number of aldehydes is 1. The minimum Gasteiger partial charge on any atom is -0.357 e. The van der Waals surface area contributed by atoms with Crippen LogP contribution in [0.15, 0.2) is 36.5 Å². The summed E-state index contributed by atoms with van der Waals surface area (Å²) in [6.07, 6.45) is 5.86. The van der Waals surface area contributed by atoms with E-state index in [0.29, 0.717) is 37.9 Å². The summed E-state index contributed by atoms with van der Waals surface area (Å²) < 4.78 is 0. The summed E-state index contributed by atoms with van der Waals surface area (Å²) in [5.41, 5.74) is 4.56. The first-order valence-electron chi connectivity index (χ1n) is 14.3. The Kier molecular flexibility index (Phi) is 11.5. The Hall–Kier alpha value is -3.76. The van der Waals surface area contributed by atoms with Gasteiger partial charge < -0.3 is 25.6 Å². The summed E-state index contributed by atoms with van der Waals surface area (Å²) in [4.78, 5) is 51.2. The lowest BCUT2D eigenvalue weighted by atomic mass is 9.91. The van der Waals surface area contributed by atoms with E-state index in [1.165, 1.54) is 13.4 Å². The van der Waals surface area contributed by atoms with E-state index in [4.69, 9.17) is 0 Å². The Bertz CT molecular complexity index is 1450. The first-order chi connectivity index (χ1) is 20.5. The van der Waals surface area contributed by atoms with Gasteiger partial charge in [0.25, 0.3) is 0 Å². The fraction of sp³-hybridized carbons (Fsp3) is 0.469. The number of nitrogens with zero attached hydrogens (tertiary/aromatic N) is 2. The largest absolute Gasteiger partial charge is 0.357 e. The van der Waals surface area contributed by atoms with E-state index in [-0.39, 0.29) is 23.7 Å². The number of alkyl halides is 1. The third-order valence-corrected chi connectivity index (χ3v) is 7.60. The first-order valence-corrected chi connectivity index (χ1v) is 15.0. The SMILES string of the molecule is CCl.CNC(=O)C1(NC=O)Cc2ccc(NC(=O)CC(C=O)Cc3ccc4[nH]ncc4c3CN(C)CC(C)(C)C)cc2C1. The predicted molar refractivity (Wildman–Crippen MR) is 170 cm³/mol. The molecule has 232 valence electrons. The van der Waals surface area contributed by atoms with Gasteiger partial charge in [-0.25, -0.2) is 0 Å². The smallest absolute Gasteiger partial charge is 0.246 e. The lowest BCUT2D eigenvalue weighted by Gasteiger charge is -2.27. The number of hydrogen-bond acceptors (Lipinski definition) is 6. The van der Waals surface area contributed by atoms with Gasteiger partial charge in [-0.3, -0.25) is 19.5 Å². The minimum atomic E-state index is -1.04. The van der Waals surface area contributed by atoms with E-state index in [1.807, 2.05) is 30.5 Å². The molecule has 0 radical (unpaired) electrons. The van der Waals surface area contributed by atoms with Crippen LogP contribution in [0.5, 0.6) is 0 Å². The maximum Gasteiger partial charge on any atom is 0.246 e. The second kappa shape index (κ2) is 14.6. The quantitative estimate of drug-likeness (QED) is 0.183. The molecule has 1 aliphatic rings. The highest BCUT2D eigenvalue weighted by atomic mass is 35.5. The Morgan fingerprint density at radius 3 is 2.51 bits per heavy atom. The molecular weight excluding hydrogens is 568 g/mol. The average Bonchev–Trinajstić information content (AvgIpc) is 3.58. The van der Waals surface area contributed by atoms with E-state index in [9.17, 15) is 19.2 Å². The van der Waals surface area contributed by atoms with Crippen molar-refractivity contribution in [3.05, 3.63) is 58.8 Å². The molecule has 0 saturated carbocycles. The molecule has 4 rings (SSSR count). The van der Waals surface area contributed by atoms with Gasteiger partial charge in [0, 0.05) is 62.8 Å². The van der Waals surface area contributed by atoms with Crippen molar-refractivity contribution >= 4 is 52.7 Å². The molecule has 3 aromatic rings. The molecule has 0 saturated heterocycles. The Balaban J connectivity index is 0.00000248. The van der Waals surface area contributed by atoms with Crippen molar-refractivity contribution in [2.75, 3.05) is 32.3 Å². The summed E-state index contributed by atoms with van der Waals surface area (Å²) in [5, 5.41) is 16.5. The molecule has 0 aliphatic heterocycles. The second-order valence-corrected chi connectivity index (χ2v) is 12.4. The highest BCUT2D eigenvalue weighted by molar-refractivity contribution is 6.15. The van der Waals surface area contributed by atoms with Gasteiger partial charge in [-0.05, 0) is 59.3 Å².